The smallest absolute Gasteiger partial charge is 0.250 e. The molecule has 0 bridgehead atoms. The van der Waals surface area contributed by atoms with E-state index in [2.05, 4.69) is 28.5 Å². The fourth-order valence-electron chi connectivity index (χ4n) is 1.89. The van der Waals surface area contributed by atoms with E-state index in [4.69, 9.17) is 0 Å². The number of thiophene rings is 1. The minimum absolute atomic E-state index is 0.127. The first-order chi connectivity index (χ1) is 11.2. The van der Waals surface area contributed by atoms with E-state index in [0.717, 1.165) is 25.9 Å². The predicted octanol–water partition coefficient (Wildman–Crippen LogP) is 4.16. The Morgan fingerprint density at radius 3 is 2.96 bits per heavy atom. The van der Waals surface area contributed by atoms with E-state index in [-0.39, 0.29) is 5.91 Å². The molecule has 4 nitrogen and oxygen atoms in total. The SMILES string of the molecule is CCc1ccc(/C=N/NC(=O)CSc2nc3ccccc3s2)s1. The maximum Gasteiger partial charge on any atom is 0.250 e. The van der Waals surface area contributed by atoms with Crippen molar-refractivity contribution in [3.8, 4) is 0 Å². The van der Waals surface area contributed by atoms with Crippen molar-refractivity contribution in [3.05, 3.63) is 46.2 Å². The first kappa shape index (κ1) is 16.2. The number of hydrogen-bond acceptors (Lipinski definition) is 6. The molecule has 118 valence electrons. The Labute approximate surface area is 146 Å². The number of carbonyl (C=O) groups excluding carboxylic acids is 1. The molecule has 0 aliphatic rings. The predicted molar refractivity (Wildman–Crippen MR) is 99.8 cm³/mol. The lowest BCUT2D eigenvalue weighted by Gasteiger charge is -1.96. The standard InChI is InChI=1S/C16H15N3OS3/c1-2-11-7-8-12(22-11)9-17-19-15(20)10-21-16-18-13-5-3-4-6-14(13)23-16/h3-9H,2,10H2,1H3,(H,19,20)/b17-9+. The van der Waals surface area contributed by atoms with Gasteiger partial charge in [-0.05, 0) is 30.7 Å². The molecule has 7 heteroatoms. The average molecular weight is 362 g/mol. The number of thioether (sulfide) groups is 1. The Morgan fingerprint density at radius 2 is 2.17 bits per heavy atom. The normalized spacial score (nSPS) is 11.3. The Kier molecular flexibility index (Phi) is 5.43. The number of amides is 1. The molecule has 23 heavy (non-hydrogen) atoms. The molecule has 1 N–H and O–H groups in total. The van der Waals surface area contributed by atoms with E-state index in [1.807, 2.05) is 30.3 Å². The molecule has 0 spiro atoms. The third-order valence-electron chi connectivity index (χ3n) is 3.01. The summed E-state index contributed by atoms with van der Waals surface area (Å²) in [5.41, 5.74) is 3.53. The van der Waals surface area contributed by atoms with Gasteiger partial charge in [-0.1, -0.05) is 30.8 Å². The van der Waals surface area contributed by atoms with E-state index in [0.29, 0.717) is 5.75 Å². The van der Waals surface area contributed by atoms with Gasteiger partial charge in [0.05, 0.1) is 22.2 Å². The molecule has 0 unspecified atom stereocenters. The zero-order valence-corrected chi connectivity index (χ0v) is 14.9. The molecule has 0 atom stereocenters. The van der Waals surface area contributed by atoms with E-state index < -0.39 is 0 Å². The molecule has 0 fully saturated rings. The Hall–Kier alpha value is -1.70. The lowest BCUT2D eigenvalue weighted by molar-refractivity contribution is -0.118. The van der Waals surface area contributed by atoms with E-state index >= 15 is 0 Å². The zero-order valence-electron chi connectivity index (χ0n) is 12.5. The molecule has 1 amide bonds. The topological polar surface area (TPSA) is 54.4 Å². The van der Waals surface area contributed by atoms with Gasteiger partial charge < -0.3 is 0 Å². The van der Waals surface area contributed by atoms with Gasteiger partial charge in [0.25, 0.3) is 5.91 Å². The molecule has 1 aromatic carbocycles. The summed E-state index contributed by atoms with van der Waals surface area (Å²) < 4.78 is 2.04. The summed E-state index contributed by atoms with van der Waals surface area (Å²) in [6, 6.07) is 12.1. The molecular formula is C16H15N3OS3. The molecule has 0 aliphatic carbocycles. The fourth-order valence-corrected chi connectivity index (χ4v) is 4.58. The van der Waals surface area contributed by atoms with Gasteiger partial charge >= 0.3 is 0 Å². The first-order valence-electron chi connectivity index (χ1n) is 7.13. The molecule has 3 aromatic rings. The number of para-hydroxylation sites is 1. The van der Waals surface area contributed by atoms with Crippen molar-refractivity contribution in [1.82, 2.24) is 10.4 Å². The van der Waals surface area contributed by atoms with Crippen LogP contribution in [0.4, 0.5) is 0 Å². The van der Waals surface area contributed by atoms with Crippen LogP contribution in [-0.4, -0.2) is 22.9 Å². The van der Waals surface area contributed by atoms with Crippen LogP contribution in [0.1, 0.15) is 16.7 Å². The number of nitrogens with zero attached hydrogens (tertiary/aromatic N) is 2. The second kappa shape index (κ2) is 7.72. The molecule has 0 aliphatic heterocycles. The zero-order chi connectivity index (χ0) is 16.1. The molecular weight excluding hydrogens is 346 g/mol. The summed E-state index contributed by atoms with van der Waals surface area (Å²) in [6.07, 6.45) is 2.70. The van der Waals surface area contributed by atoms with Crippen molar-refractivity contribution in [3.63, 3.8) is 0 Å². The van der Waals surface area contributed by atoms with E-state index in [1.165, 1.54) is 16.6 Å². The Balaban J connectivity index is 1.49. The number of aromatic nitrogens is 1. The number of hydrazone groups is 1. The van der Waals surface area contributed by atoms with Gasteiger partial charge in [-0.2, -0.15) is 5.10 Å². The van der Waals surface area contributed by atoms with Crippen molar-refractivity contribution in [2.45, 2.75) is 17.7 Å². The molecule has 0 saturated carbocycles. The summed E-state index contributed by atoms with van der Waals surface area (Å²) in [5, 5.41) is 4.00. The Bertz CT molecular complexity index is 805. The summed E-state index contributed by atoms with van der Waals surface area (Å²) >= 11 is 4.72. The third kappa shape index (κ3) is 4.40. The number of thiazole rings is 1. The number of nitrogens with one attached hydrogen (secondary N) is 1. The highest BCUT2D eigenvalue weighted by Gasteiger charge is 2.06. The minimum atomic E-state index is -0.127. The van der Waals surface area contributed by atoms with Gasteiger partial charge in [-0.25, -0.2) is 10.4 Å². The lowest BCUT2D eigenvalue weighted by atomic mass is 10.3. The summed E-state index contributed by atoms with van der Waals surface area (Å²) in [5.74, 6) is 0.180. The molecule has 2 aromatic heterocycles. The van der Waals surface area contributed by atoms with Crippen LogP contribution in [0.3, 0.4) is 0 Å². The highest BCUT2D eigenvalue weighted by atomic mass is 32.2. The Morgan fingerprint density at radius 1 is 1.30 bits per heavy atom. The van der Waals surface area contributed by atoms with Gasteiger partial charge in [0.2, 0.25) is 0 Å². The van der Waals surface area contributed by atoms with Gasteiger partial charge in [0.15, 0.2) is 4.34 Å². The van der Waals surface area contributed by atoms with Crippen molar-refractivity contribution >= 4 is 56.8 Å². The van der Waals surface area contributed by atoms with E-state index in [1.54, 1.807) is 28.9 Å². The second-order valence-electron chi connectivity index (χ2n) is 4.69. The number of rotatable bonds is 6. The van der Waals surface area contributed by atoms with Crippen LogP contribution in [-0.2, 0) is 11.2 Å². The van der Waals surface area contributed by atoms with Gasteiger partial charge in [-0.15, -0.1) is 22.7 Å². The highest BCUT2D eigenvalue weighted by molar-refractivity contribution is 8.01. The average Bonchev–Trinajstić information content (AvgIpc) is 3.19. The minimum Gasteiger partial charge on any atom is -0.272 e. The van der Waals surface area contributed by atoms with Crippen LogP contribution < -0.4 is 5.43 Å². The van der Waals surface area contributed by atoms with Crippen molar-refractivity contribution in [2.75, 3.05) is 5.75 Å². The number of benzene rings is 1. The maximum atomic E-state index is 11.8. The molecule has 0 radical (unpaired) electrons. The number of fused-ring (bicyclic) bond motifs is 1. The van der Waals surface area contributed by atoms with Crippen molar-refractivity contribution in [2.24, 2.45) is 5.10 Å². The van der Waals surface area contributed by atoms with Crippen LogP contribution in [0, 0.1) is 0 Å². The fraction of sp³-hybridized carbons (Fsp3) is 0.188. The largest absolute Gasteiger partial charge is 0.272 e. The first-order valence-corrected chi connectivity index (χ1v) is 9.75. The molecule has 3 rings (SSSR count). The third-order valence-corrected chi connectivity index (χ3v) is 6.36. The van der Waals surface area contributed by atoms with Crippen LogP contribution in [0.25, 0.3) is 10.2 Å². The van der Waals surface area contributed by atoms with Crippen LogP contribution in [0.2, 0.25) is 0 Å². The highest BCUT2D eigenvalue weighted by Crippen LogP contribution is 2.28. The second-order valence-corrected chi connectivity index (χ2v) is 8.14. The quantitative estimate of drug-likeness (QED) is 0.407. The molecule has 0 saturated heterocycles. The van der Waals surface area contributed by atoms with E-state index in [9.17, 15) is 4.79 Å². The molecule has 2 heterocycles. The van der Waals surface area contributed by atoms with Crippen molar-refractivity contribution in [1.29, 1.82) is 0 Å². The monoisotopic (exact) mass is 361 g/mol. The summed E-state index contributed by atoms with van der Waals surface area (Å²) in [4.78, 5) is 18.7. The number of carbonyl (C=O) groups is 1. The number of aryl methyl sites for hydroxylation is 1. The van der Waals surface area contributed by atoms with Crippen molar-refractivity contribution < 1.29 is 4.79 Å². The lowest BCUT2D eigenvalue weighted by Crippen LogP contribution is -2.19. The summed E-state index contributed by atoms with van der Waals surface area (Å²) in [6.45, 7) is 2.12. The van der Waals surface area contributed by atoms with Gasteiger partial charge in [0.1, 0.15) is 0 Å². The number of hydrogen-bond donors (Lipinski definition) is 1. The van der Waals surface area contributed by atoms with Crippen LogP contribution in [0.15, 0.2) is 45.8 Å². The van der Waals surface area contributed by atoms with Crippen LogP contribution in [0.5, 0.6) is 0 Å². The van der Waals surface area contributed by atoms with Gasteiger partial charge in [-0.3, -0.25) is 4.79 Å². The maximum absolute atomic E-state index is 11.8. The summed E-state index contributed by atoms with van der Waals surface area (Å²) in [7, 11) is 0. The van der Waals surface area contributed by atoms with Gasteiger partial charge in [0, 0.05) is 9.75 Å². The van der Waals surface area contributed by atoms with Crippen LogP contribution >= 0.6 is 34.4 Å².